The van der Waals surface area contributed by atoms with Crippen LogP contribution in [0.25, 0.3) is 0 Å². The van der Waals surface area contributed by atoms with E-state index in [1.807, 2.05) is 0 Å². The molecule has 2 saturated heterocycles. The van der Waals surface area contributed by atoms with E-state index in [0.717, 1.165) is 19.6 Å². The Balaban J connectivity index is 1.94. The van der Waals surface area contributed by atoms with Crippen LogP contribution in [0.2, 0.25) is 0 Å². The Labute approximate surface area is 73.1 Å². The molecule has 12 heavy (non-hydrogen) atoms. The molecule has 2 atom stereocenters. The lowest BCUT2D eigenvalue weighted by atomic mass is 9.87. The van der Waals surface area contributed by atoms with Crippen molar-refractivity contribution in [2.75, 3.05) is 19.8 Å². The molecule has 0 aromatic heterocycles. The molecular formula is C9H17NO2. The van der Waals surface area contributed by atoms with Gasteiger partial charge in [0.1, 0.15) is 0 Å². The second-order valence-electron chi connectivity index (χ2n) is 3.98. The number of hydrogen-bond donors (Lipinski definition) is 2. The zero-order valence-corrected chi connectivity index (χ0v) is 7.38. The first-order valence-electron chi connectivity index (χ1n) is 4.82. The standard InChI is InChI=1S/C9H17NO2/c11-6-8-5-9(7-12-8)3-1-2-4-10-9/h8,10-11H,1-7H2/t8-,9-/m0/s1. The maximum Gasteiger partial charge on any atom is 0.0825 e. The number of ether oxygens (including phenoxy) is 1. The Kier molecular flexibility index (Phi) is 2.35. The molecule has 3 nitrogen and oxygen atoms in total. The third kappa shape index (κ3) is 1.49. The molecule has 1 spiro atoms. The highest BCUT2D eigenvalue weighted by molar-refractivity contribution is 4.97. The normalized spacial score (nSPS) is 42.2. The molecule has 3 heteroatoms. The van der Waals surface area contributed by atoms with Gasteiger partial charge in [0.25, 0.3) is 0 Å². The van der Waals surface area contributed by atoms with Crippen molar-refractivity contribution in [2.24, 2.45) is 0 Å². The number of piperidine rings is 1. The van der Waals surface area contributed by atoms with Gasteiger partial charge in [0.15, 0.2) is 0 Å². The molecule has 2 fully saturated rings. The molecular weight excluding hydrogens is 154 g/mol. The van der Waals surface area contributed by atoms with Crippen molar-refractivity contribution in [2.45, 2.75) is 37.3 Å². The van der Waals surface area contributed by atoms with Gasteiger partial charge in [-0.05, 0) is 25.8 Å². The van der Waals surface area contributed by atoms with Crippen LogP contribution in [0.3, 0.4) is 0 Å². The first-order valence-corrected chi connectivity index (χ1v) is 4.82. The van der Waals surface area contributed by atoms with Gasteiger partial charge in [0.05, 0.1) is 19.3 Å². The fourth-order valence-electron chi connectivity index (χ4n) is 2.28. The van der Waals surface area contributed by atoms with Crippen molar-refractivity contribution >= 4 is 0 Å². The van der Waals surface area contributed by atoms with Crippen LogP contribution in [-0.4, -0.2) is 36.5 Å². The average molecular weight is 171 g/mol. The fraction of sp³-hybridized carbons (Fsp3) is 1.00. The van der Waals surface area contributed by atoms with Crippen LogP contribution < -0.4 is 5.32 Å². The van der Waals surface area contributed by atoms with E-state index in [0.29, 0.717) is 0 Å². The number of hydrogen-bond acceptors (Lipinski definition) is 3. The summed E-state index contributed by atoms with van der Waals surface area (Å²) in [4.78, 5) is 0. The summed E-state index contributed by atoms with van der Waals surface area (Å²) in [6, 6.07) is 0. The first-order chi connectivity index (χ1) is 5.85. The Bertz CT molecular complexity index is 155. The van der Waals surface area contributed by atoms with E-state index in [2.05, 4.69) is 5.32 Å². The molecule has 0 saturated carbocycles. The second kappa shape index (κ2) is 3.32. The van der Waals surface area contributed by atoms with E-state index in [1.165, 1.54) is 19.3 Å². The van der Waals surface area contributed by atoms with Crippen molar-refractivity contribution in [3.8, 4) is 0 Å². The smallest absolute Gasteiger partial charge is 0.0825 e. The Morgan fingerprint density at radius 3 is 3.00 bits per heavy atom. The third-order valence-electron chi connectivity index (χ3n) is 3.00. The summed E-state index contributed by atoms with van der Waals surface area (Å²) < 4.78 is 5.48. The lowest BCUT2D eigenvalue weighted by Gasteiger charge is -2.33. The molecule has 0 bridgehead atoms. The van der Waals surface area contributed by atoms with Crippen molar-refractivity contribution in [1.82, 2.24) is 5.32 Å². The zero-order valence-electron chi connectivity index (χ0n) is 7.38. The Morgan fingerprint density at radius 1 is 1.50 bits per heavy atom. The molecule has 2 N–H and O–H groups in total. The minimum absolute atomic E-state index is 0.0793. The monoisotopic (exact) mass is 171 g/mol. The van der Waals surface area contributed by atoms with Gasteiger partial charge < -0.3 is 15.2 Å². The van der Waals surface area contributed by atoms with Gasteiger partial charge in [-0.3, -0.25) is 0 Å². The summed E-state index contributed by atoms with van der Waals surface area (Å²) in [7, 11) is 0. The number of aliphatic hydroxyl groups is 1. The van der Waals surface area contributed by atoms with Gasteiger partial charge in [-0.2, -0.15) is 0 Å². The van der Waals surface area contributed by atoms with E-state index in [4.69, 9.17) is 9.84 Å². The molecule has 0 amide bonds. The predicted molar refractivity (Wildman–Crippen MR) is 46.0 cm³/mol. The summed E-state index contributed by atoms with van der Waals surface area (Å²) in [5.41, 5.74) is 0.214. The van der Waals surface area contributed by atoms with Crippen molar-refractivity contribution in [3.63, 3.8) is 0 Å². The van der Waals surface area contributed by atoms with E-state index < -0.39 is 0 Å². The zero-order chi connectivity index (χ0) is 8.44. The average Bonchev–Trinajstić information content (AvgIpc) is 2.50. The maximum absolute atomic E-state index is 8.93. The minimum atomic E-state index is 0.0793. The molecule has 2 aliphatic rings. The molecule has 0 radical (unpaired) electrons. The summed E-state index contributed by atoms with van der Waals surface area (Å²) in [6.07, 6.45) is 4.86. The minimum Gasteiger partial charge on any atom is -0.394 e. The van der Waals surface area contributed by atoms with Crippen LogP contribution >= 0.6 is 0 Å². The van der Waals surface area contributed by atoms with E-state index >= 15 is 0 Å². The van der Waals surface area contributed by atoms with E-state index in [-0.39, 0.29) is 18.2 Å². The SMILES string of the molecule is OC[C@@H]1C[C@@]2(CCCCN2)CO1. The Hall–Kier alpha value is -0.120. The van der Waals surface area contributed by atoms with Crippen molar-refractivity contribution in [1.29, 1.82) is 0 Å². The fourth-order valence-corrected chi connectivity index (χ4v) is 2.28. The molecule has 0 aliphatic carbocycles. The van der Waals surface area contributed by atoms with Gasteiger partial charge in [0, 0.05) is 5.54 Å². The number of aliphatic hydroxyl groups excluding tert-OH is 1. The lowest BCUT2D eigenvalue weighted by Crippen LogP contribution is -2.49. The predicted octanol–water partition coefficient (Wildman–Crippen LogP) is 0.280. The van der Waals surface area contributed by atoms with E-state index in [9.17, 15) is 0 Å². The topological polar surface area (TPSA) is 41.5 Å². The molecule has 2 aliphatic heterocycles. The summed E-state index contributed by atoms with van der Waals surface area (Å²) in [6.45, 7) is 2.07. The molecule has 0 aromatic rings. The molecule has 70 valence electrons. The van der Waals surface area contributed by atoms with E-state index in [1.54, 1.807) is 0 Å². The maximum atomic E-state index is 8.93. The van der Waals surface area contributed by atoms with Gasteiger partial charge in [-0.15, -0.1) is 0 Å². The van der Waals surface area contributed by atoms with Gasteiger partial charge >= 0.3 is 0 Å². The quantitative estimate of drug-likeness (QED) is 0.595. The summed E-state index contributed by atoms with van der Waals surface area (Å²) >= 11 is 0. The molecule has 0 unspecified atom stereocenters. The number of nitrogens with one attached hydrogen (secondary N) is 1. The first kappa shape index (κ1) is 8.48. The highest BCUT2D eigenvalue weighted by Gasteiger charge is 2.40. The van der Waals surface area contributed by atoms with Gasteiger partial charge in [0.2, 0.25) is 0 Å². The highest BCUT2D eigenvalue weighted by atomic mass is 16.5. The van der Waals surface area contributed by atoms with Crippen molar-refractivity contribution < 1.29 is 9.84 Å². The van der Waals surface area contributed by atoms with Gasteiger partial charge in [-0.1, -0.05) is 6.42 Å². The molecule has 0 aromatic carbocycles. The van der Waals surface area contributed by atoms with Crippen LogP contribution in [0.1, 0.15) is 25.7 Å². The van der Waals surface area contributed by atoms with Crippen LogP contribution in [0, 0.1) is 0 Å². The van der Waals surface area contributed by atoms with Gasteiger partial charge in [-0.25, -0.2) is 0 Å². The second-order valence-corrected chi connectivity index (χ2v) is 3.98. The van der Waals surface area contributed by atoms with Crippen molar-refractivity contribution in [3.05, 3.63) is 0 Å². The third-order valence-corrected chi connectivity index (χ3v) is 3.00. The van der Waals surface area contributed by atoms with Crippen LogP contribution in [-0.2, 0) is 4.74 Å². The largest absolute Gasteiger partial charge is 0.394 e. The van der Waals surface area contributed by atoms with Crippen LogP contribution in [0.15, 0.2) is 0 Å². The molecule has 2 rings (SSSR count). The van der Waals surface area contributed by atoms with Crippen LogP contribution in [0.5, 0.6) is 0 Å². The summed E-state index contributed by atoms with van der Waals surface area (Å²) in [5, 5.41) is 12.4. The summed E-state index contributed by atoms with van der Waals surface area (Å²) in [5.74, 6) is 0. The molecule has 2 heterocycles. The highest BCUT2D eigenvalue weighted by Crippen LogP contribution is 2.31. The Morgan fingerprint density at radius 2 is 2.42 bits per heavy atom. The number of rotatable bonds is 1. The van der Waals surface area contributed by atoms with Crippen LogP contribution in [0.4, 0.5) is 0 Å². The lowest BCUT2D eigenvalue weighted by molar-refractivity contribution is 0.0538.